The van der Waals surface area contributed by atoms with Gasteiger partial charge in [0, 0.05) is 17.8 Å². The topological polar surface area (TPSA) is 98.0 Å². The first-order chi connectivity index (χ1) is 9.49. The third kappa shape index (κ3) is 2.90. The first kappa shape index (κ1) is 13.9. The smallest absolute Gasteiger partial charge is 0.270 e. The molecule has 0 radical (unpaired) electrons. The summed E-state index contributed by atoms with van der Waals surface area (Å²) in [5, 5.41) is 3.45. The number of primary amides is 1. The van der Waals surface area contributed by atoms with E-state index in [-0.39, 0.29) is 11.6 Å². The number of nitrogens with two attached hydrogens (primary N) is 1. The largest absolute Gasteiger partial charge is 0.368 e. The fourth-order valence-electron chi connectivity index (χ4n) is 1.87. The SMILES string of the molecule is CC(C)[C@H](NC(=O)c1ccc2cnccc2n1)C(N)=O. The molecule has 20 heavy (non-hydrogen) atoms. The molecule has 0 spiro atoms. The highest BCUT2D eigenvalue weighted by molar-refractivity contribution is 5.97. The second-order valence-corrected chi connectivity index (χ2v) is 4.86. The maximum absolute atomic E-state index is 12.1. The minimum Gasteiger partial charge on any atom is -0.368 e. The molecule has 3 N–H and O–H groups in total. The summed E-state index contributed by atoms with van der Waals surface area (Å²) in [6.45, 7) is 3.63. The average molecular weight is 272 g/mol. The van der Waals surface area contributed by atoms with Crippen molar-refractivity contribution in [1.82, 2.24) is 15.3 Å². The lowest BCUT2D eigenvalue weighted by molar-refractivity contribution is -0.120. The summed E-state index contributed by atoms with van der Waals surface area (Å²) in [7, 11) is 0. The summed E-state index contributed by atoms with van der Waals surface area (Å²) < 4.78 is 0. The van der Waals surface area contributed by atoms with Gasteiger partial charge in [-0.3, -0.25) is 14.6 Å². The van der Waals surface area contributed by atoms with Crippen molar-refractivity contribution in [3.05, 3.63) is 36.3 Å². The molecule has 0 aromatic carbocycles. The van der Waals surface area contributed by atoms with Crippen molar-refractivity contribution in [3.63, 3.8) is 0 Å². The Morgan fingerprint density at radius 2 is 2.00 bits per heavy atom. The minimum absolute atomic E-state index is 0.0823. The van der Waals surface area contributed by atoms with E-state index in [1.807, 2.05) is 13.8 Å². The molecule has 2 rings (SSSR count). The average Bonchev–Trinajstić information content (AvgIpc) is 2.43. The third-order valence-electron chi connectivity index (χ3n) is 2.98. The molecule has 2 aromatic rings. The number of amides is 2. The number of hydrogen-bond acceptors (Lipinski definition) is 4. The molecule has 0 aliphatic heterocycles. The monoisotopic (exact) mass is 272 g/mol. The lowest BCUT2D eigenvalue weighted by Crippen LogP contribution is -2.47. The van der Waals surface area contributed by atoms with E-state index in [1.165, 1.54) is 0 Å². The highest BCUT2D eigenvalue weighted by Gasteiger charge is 2.22. The molecule has 0 fully saturated rings. The second-order valence-electron chi connectivity index (χ2n) is 4.86. The van der Waals surface area contributed by atoms with Gasteiger partial charge in [-0.25, -0.2) is 4.98 Å². The van der Waals surface area contributed by atoms with E-state index in [2.05, 4.69) is 15.3 Å². The van der Waals surface area contributed by atoms with E-state index in [0.717, 1.165) is 5.39 Å². The first-order valence-corrected chi connectivity index (χ1v) is 6.30. The maximum Gasteiger partial charge on any atom is 0.270 e. The first-order valence-electron chi connectivity index (χ1n) is 6.30. The number of carbonyl (C=O) groups excluding carboxylic acids is 2. The number of aromatic nitrogens is 2. The number of rotatable bonds is 4. The van der Waals surface area contributed by atoms with Crippen LogP contribution in [0.15, 0.2) is 30.6 Å². The Bertz CT molecular complexity index is 654. The Hall–Kier alpha value is -2.50. The van der Waals surface area contributed by atoms with E-state index in [9.17, 15) is 9.59 Å². The molecular weight excluding hydrogens is 256 g/mol. The predicted octanol–water partition coefficient (Wildman–Crippen LogP) is 0.869. The fraction of sp³-hybridized carbons (Fsp3) is 0.286. The van der Waals surface area contributed by atoms with Crippen LogP contribution >= 0.6 is 0 Å². The van der Waals surface area contributed by atoms with Crippen molar-refractivity contribution in [2.45, 2.75) is 19.9 Å². The summed E-state index contributed by atoms with van der Waals surface area (Å²) in [5.41, 5.74) is 6.19. The number of carbonyl (C=O) groups is 2. The van der Waals surface area contributed by atoms with Gasteiger partial charge in [0.15, 0.2) is 0 Å². The Kier molecular flexibility index (Phi) is 3.93. The quantitative estimate of drug-likeness (QED) is 0.862. The lowest BCUT2D eigenvalue weighted by Gasteiger charge is -2.18. The van der Waals surface area contributed by atoms with Crippen LogP contribution in [0.1, 0.15) is 24.3 Å². The molecule has 104 valence electrons. The van der Waals surface area contributed by atoms with Gasteiger partial charge < -0.3 is 11.1 Å². The molecule has 0 saturated carbocycles. The van der Waals surface area contributed by atoms with Crippen molar-refractivity contribution < 1.29 is 9.59 Å². The third-order valence-corrected chi connectivity index (χ3v) is 2.98. The lowest BCUT2D eigenvalue weighted by atomic mass is 10.0. The van der Waals surface area contributed by atoms with Gasteiger partial charge in [0.1, 0.15) is 11.7 Å². The van der Waals surface area contributed by atoms with E-state index in [4.69, 9.17) is 5.73 Å². The number of fused-ring (bicyclic) bond motifs is 1. The molecular formula is C14H16N4O2. The van der Waals surface area contributed by atoms with Crippen LogP contribution in [0.3, 0.4) is 0 Å². The summed E-state index contributed by atoms with van der Waals surface area (Å²) in [6.07, 6.45) is 3.28. The highest BCUT2D eigenvalue weighted by atomic mass is 16.2. The van der Waals surface area contributed by atoms with Crippen molar-refractivity contribution in [1.29, 1.82) is 0 Å². The number of nitrogens with one attached hydrogen (secondary N) is 1. The van der Waals surface area contributed by atoms with Crippen molar-refractivity contribution in [2.75, 3.05) is 0 Å². The van der Waals surface area contributed by atoms with Crippen LogP contribution < -0.4 is 11.1 Å². The van der Waals surface area contributed by atoms with Gasteiger partial charge in [-0.1, -0.05) is 13.8 Å². The molecule has 2 amide bonds. The van der Waals surface area contributed by atoms with Gasteiger partial charge in [-0.2, -0.15) is 0 Å². The van der Waals surface area contributed by atoms with Crippen LogP contribution in [-0.2, 0) is 4.79 Å². The predicted molar refractivity (Wildman–Crippen MR) is 74.8 cm³/mol. The molecule has 2 heterocycles. The van der Waals surface area contributed by atoms with E-state index < -0.39 is 17.9 Å². The van der Waals surface area contributed by atoms with Gasteiger partial charge in [-0.05, 0) is 24.1 Å². The number of nitrogens with zero attached hydrogens (tertiary/aromatic N) is 2. The van der Waals surface area contributed by atoms with Crippen molar-refractivity contribution >= 4 is 22.7 Å². The Balaban J connectivity index is 2.24. The molecule has 1 atom stereocenters. The zero-order valence-electron chi connectivity index (χ0n) is 11.3. The zero-order chi connectivity index (χ0) is 14.7. The molecule has 0 aliphatic carbocycles. The van der Waals surface area contributed by atoms with Crippen molar-refractivity contribution in [2.24, 2.45) is 11.7 Å². The van der Waals surface area contributed by atoms with Gasteiger partial charge in [-0.15, -0.1) is 0 Å². The Morgan fingerprint density at radius 1 is 1.25 bits per heavy atom. The van der Waals surface area contributed by atoms with Crippen LogP contribution in [-0.4, -0.2) is 27.8 Å². The highest BCUT2D eigenvalue weighted by Crippen LogP contribution is 2.11. The summed E-state index contributed by atoms with van der Waals surface area (Å²) >= 11 is 0. The summed E-state index contributed by atoms with van der Waals surface area (Å²) in [6, 6.07) is 4.37. The Labute approximate surface area is 116 Å². The minimum atomic E-state index is -0.711. The normalized spacial score (nSPS) is 12.3. The van der Waals surface area contributed by atoms with E-state index in [0.29, 0.717) is 5.52 Å². The van der Waals surface area contributed by atoms with Crippen molar-refractivity contribution in [3.8, 4) is 0 Å². The van der Waals surface area contributed by atoms with Gasteiger partial charge in [0.2, 0.25) is 5.91 Å². The molecule has 0 bridgehead atoms. The Morgan fingerprint density at radius 3 is 2.65 bits per heavy atom. The maximum atomic E-state index is 12.1. The van der Waals surface area contributed by atoms with Crippen LogP contribution in [0.4, 0.5) is 0 Å². The van der Waals surface area contributed by atoms with E-state index in [1.54, 1.807) is 30.6 Å². The summed E-state index contributed by atoms with van der Waals surface area (Å²) in [5.74, 6) is -1.05. The molecule has 0 unspecified atom stereocenters. The van der Waals surface area contributed by atoms with Gasteiger partial charge in [0.25, 0.3) is 5.91 Å². The second kappa shape index (κ2) is 5.64. The van der Waals surface area contributed by atoms with E-state index >= 15 is 0 Å². The molecule has 6 nitrogen and oxygen atoms in total. The van der Waals surface area contributed by atoms with Crippen LogP contribution in [0.2, 0.25) is 0 Å². The standard InChI is InChI=1S/C14H16N4O2/c1-8(2)12(13(15)19)18-14(20)11-4-3-9-7-16-6-5-10(9)17-11/h3-8,12H,1-2H3,(H2,15,19)(H,18,20)/t12-/m0/s1. The van der Waals surface area contributed by atoms with Gasteiger partial charge in [0.05, 0.1) is 5.52 Å². The molecule has 6 heteroatoms. The summed E-state index contributed by atoms with van der Waals surface area (Å²) in [4.78, 5) is 31.6. The molecule has 2 aromatic heterocycles. The molecule has 0 saturated heterocycles. The van der Waals surface area contributed by atoms with Crippen LogP contribution in [0.5, 0.6) is 0 Å². The number of pyridine rings is 2. The molecule has 0 aliphatic rings. The number of hydrogen-bond donors (Lipinski definition) is 2. The zero-order valence-corrected chi connectivity index (χ0v) is 11.3. The van der Waals surface area contributed by atoms with Gasteiger partial charge >= 0.3 is 0 Å². The van der Waals surface area contributed by atoms with Crippen LogP contribution in [0.25, 0.3) is 10.9 Å². The van der Waals surface area contributed by atoms with Crippen LogP contribution in [0, 0.1) is 5.92 Å². The fourth-order valence-corrected chi connectivity index (χ4v) is 1.87.